The fraction of sp³-hybridized carbons (Fsp3) is 0.316. The van der Waals surface area contributed by atoms with Gasteiger partial charge >= 0.3 is 17.7 Å². The van der Waals surface area contributed by atoms with Gasteiger partial charge in [0.25, 0.3) is 7.82 Å². The van der Waals surface area contributed by atoms with Gasteiger partial charge in [-0.15, -0.1) is 0 Å². The summed E-state index contributed by atoms with van der Waals surface area (Å²) in [4.78, 5) is 47.2. The average Bonchev–Trinajstić information content (AvgIpc) is 3.29. The summed E-state index contributed by atoms with van der Waals surface area (Å²) in [5.41, 5.74) is -0.753. The Labute approximate surface area is 221 Å². The van der Waals surface area contributed by atoms with Gasteiger partial charge in [0.05, 0.1) is 11.1 Å². The van der Waals surface area contributed by atoms with Crippen molar-refractivity contribution >= 4 is 62.6 Å². The molecule has 0 saturated carbocycles. The van der Waals surface area contributed by atoms with E-state index in [1.807, 2.05) is 0 Å². The maximum atomic E-state index is 14.5. The number of phosphoric acid groups is 1. The fourth-order valence-corrected chi connectivity index (χ4v) is 5.09. The van der Waals surface area contributed by atoms with Gasteiger partial charge in [-0.05, 0) is 40.2 Å². The highest BCUT2D eigenvalue weighted by Crippen LogP contribution is 2.43. The Morgan fingerprint density at radius 2 is 2.08 bits per heavy atom. The highest BCUT2D eigenvalue weighted by molar-refractivity contribution is 9.11. The standard InChI is InChI=1S/C19H16Br2F2N3O10P/c20-9-3-8-4-10(35-14(8)11(21)5-9)6-33-18(29)25-13-1-2-26(17(28)24-13)16-19(22,23)15(27)12(36-16)7-34-37(30,31)32/h1-5,12,15-16,27H,6-7H2,(H2,30,31,32)(H,24,25,28,29)/p-1/t12?,15-,16-/m1/s1. The molecule has 3 N–H and O–H groups in total. The summed E-state index contributed by atoms with van der Waals surface area (Å²) in [6.07, 6.45) is -7.04. The zero-order valence-electron chi connectivity index (χ0n) is 18.0. The van der Waals surface area contributed by atoms with Crippen molar-refractivity contribution in [2.45, 2.75) is 31.0 Å². The quantitative estimate of drug-likeness (QED) is 0.313. The van der Waals surface area contributed by atoms with E-state index in [4.69, 9.17) is 18.8 Å². The molecule has 13 nitrogen and oxygen atoms in total. The lowest BCUT2D eigenvalue weighted by molar-refractivity contribution is -0.222. The molecule has 200 valence electrons. The number of carbonyl (C=O) groups is 1. The molecular formula is C19H15Br2F2N3O10P-. The van der Waals surface area contributed by atoms with E-state index in [0.29, 0.717) is 20.4 Å². The van der Waals surface area contributed by atoms with Crippen molar-refractivity contribution in [1.82, 2.24) is 9.55 Å². The summed E-state index contributed by atoms with van der Waals surface area (Å²) >= 11 is 6.71. The SMILES string of the molecule is O=C(Nc1ccn([C@@H]2OC(COP(=O)([O-])O)[C@@H](O)C2(F)F)c(=O)n1)OCc1cc2cc(Br)cc(Br)c2o1. The number of amides is 1. The second-order valence-electron chi connectivity index (χ2n) is 7.63. The molecule has 1 aliphatic rings. The topological polar surface area (TPSA) is 185 Å². The highest BCUT2D eigenvalue weighted by Gasteiger charge is 2.59. The van der Waals surface area contributed by atoms with Gasteiger partial charge in [0, 0.05) is 16.1 Å². The number of aliphatic hydroxyl groups excluding tert-OH is 1. The van der Waals surface area contributed by atoms with Crippen molar-refractivity contribution in [2.75, 3.05) is 11.9 Å². The summed E-state index contributed by atoms with van der Waals surface area (Å²) in [5.74, 6) is -4.08. The number of nitrogens with one attached hydrogen (secondary N) is 1. The van der Waals surface area contributed by atoms with Crippen LogP contribution in [-0.2, 0) is 25.2 Å². The van der Waals surface area contributed by atoms with Crippen molar-refractivity contribution in [3.05, 3.63) is 55.7 Å². The van der Waals surface area contributed by atoms with E-state index in [9.17, 15) is 32.9 Å². The van der Waals surface area contributed by atoms with E-state index in [1.54, 1.807) is 18.2 Å². The van der Waals surface area contributed by atoms with Crippen molar-refractivity contribution in [3.63, 3.8) is 0 Å². The number of phosphoric ester groups is 1. The Kier molecular flexibility index (Phi) is 7.88. The van der Waals surface area contributed by atoms with E-state index in [0.717, 1.165) is 22.1 Å². The van der Waals surface area contributed by atoms with Gasteiger partial charge in [0.2, 0.25) is 6.23 Å². The van der Waals surface area contributed by atoms with Gasteiger partial charge < -0.3 is 33.3 Å². The number of alkyl halides is 2. The van der Waals surface area contributed by atoms with Crippen LogP contribution in [0.4, 0.5) is 19.4 Å². The van der Waals surface area contributed by atoms with E-state index >= 15 is 0 Å². The highest BCUT2D eigenvalue weighted by atomic mass is 79.9. The van der Waals surface area contributed by atoms with Crippen LogP contribution in [0.3, 0.4) is 0 Å². The molecule has 2 unspecified atom stereocenters. The largest absolute Gasteiger partial charge is 0.756 e. The monoisotopic (exact) mass is 672 g/mol. The number of aliphatic hydroxyl groups is 1. The normalized spacial score (nSPS) is 22.6. The first kappa shape index (κ1) is 27.8. The van der Waals surface area contributed by atoms with E-state index in [2.05, 4.69) is 46.7 Å². The molecule has 0 aliphatic carbocycles. The zero-order chi connectivity index (χ0) is 27.1. The molecule has 18 heteroatoms. The molecule has 1 fully saturated rings. The number of nitrogens with zero attached hydrogens (tertiary/aromatic N) is 2. The van der Waals surface area contributed by atoms with Gasteiger partial charge in [-0.25, -0.2) is 9.59 Å². The van der Waals surface area contributed by atoms with Crippen LogP contribution in [-0.4, -0.2) is 50.4 Å². The van der Waals surface area contributed by atoms with Gasteiger partial charge in [0.1, 0.15) is 23.3 Å². The third-order valence-corrected chi connectivity index (χ3v) is 6.55. The lowest BCUT2D eigenvalue weighted by atomic mass is 10.1. The van der Waals surface area contributed by atoms with Gasteiger partial charge in [-0.2, -0.15) is 13.8 Å². The van der Waals surface area contributed by atoms with Gasteiger partial charge in [0.15, 0.2) is 12.7 Å². The minimum absolute atomic E-state index is 0.269. The summed E-state index contributed by atoms with van der Waals surface area (Å²) in [6.45, 7) is -1.40. The number of benzene rings is 1. The lowest BCUT2D eigenvalue weighted by Gasteiger charge is -2.21. The number of carbonyl (C=O) groups excluding carboxylic acids is 1. The minimum atomic E-state index is -5.27. The minimum Gasteiger partial charge on any atom is -0.756 e. The lowest BCUT2D eigenvalue weighted by Crippen LogP contribution is -2.42. The first-order valence-electron chi connectivity index (χ1n) is 10.0. The number of aromatic nitrogens is 2. The van der Waals surface area contributed by atoms with Crippen LogP contribution < -0.4 is 15.9 Å². The number of halogens is 4. The predicted octanol–water partition coefficient (Wildman–Crippen LogP) is 2.63. The maximum Gasteiger partial charge on any atom is 0.413 e. The Morgan fingerprint density at radius 1 is 1.35 bits per heavy atom. The number of fused-ring (bicyclic) bond motifs is 1. The van der Waals surface area contributed by atoms with E-state index in [-0.39, 0.29) is 12.4 Å². The number of ether oxygens (including phenoxy) is 2. The van der Waals surface area contributed by atoms with Crippen LogP contribution in [0.15, 0.2) is 48.6 Å². The van der Waals surface area contributed by atoms with Crippen LogP contribution in [0.1, 0.15) is 12.0 Å². The predicted molar refractivity (Wildman–Crippen MR) is 125 cm³/mol. The summed E-state index contributed by atoms with van der Waals surface area (Å²) in [7, 11) is -5.27. The summed E-state index contributed by atoms with van der Waals surface area (Å²) in [6, 6.07) is 6.22. The summed E-state index contributed by atoms with van der Waals surface area (Å²) < 4.78 is 61.1. The molecule has 3 heterocycles. The second-order valence-corrected chi connectivity index (χ2v) is 10.6. The van der Waals surface area contributed by atoms with Crippen LogP contribution in [0.5, 0.6) is 0 Å². The van der Waals surface area contributed by atoms with Crippen molar-refractivity contribution in [2.24, 2.45) is 0 Å². The van der Waals surface area contributed by atoms with Gasteiger partial charge in [-0.3, -0.25) is 14.4 Å². The fourth-order valence-electron chi connectivity index (χ4n) is 3.41. The second kappa shape index (κ2) is 10.5. The average molecular weight is 674 g/mol. The Morgan fingerprint density at radius 3 is 2.76 bits per heavy atom. The zero-order valence-corrected chi connectivity index (χ0v) is 22.1. The van der Waals surface area contributed by atoms with Crippen molar-refractivity contribution in [1.29, 1.82) is 0 Å². The molecule has 0 spiro atoms. The molecule has 0 radical (unpaired) electrons. The molecule has 4 atom stereocenters. The van der Waals surface area contributed by atoms with Crippen LogP contribution in [0, 0.1) is 0 Å². The van der Waals surface area contributed by atoms with Gasteiger partial charge in [-0.1, -0.05) is 15.9 Å². The Balaban J connectivity index is 1.40. The van der Waals surface area contributed by atoms with Crippen molar-refractivity contribution in [3.8, 4) is 0 Å². The Bertz CT molecular complexity index is 1450. The molecular weight excluding hydrogens is 659 g/mol. The Hall–Kier alpha value is -2.24. The third kappa shape index (κ3) is 6.26. The molecule has 2 aromatic heterocycles. The van der Waals surface area contributed by atoms with E-state index < -0.39 is 50.6 Å². The molecule has 1 aliphatic heterocycles. The van der Waals surface area contributed by atoms with Crippen LogP contribution >= 0.6 is 39.7 Å². The number of hydrogen-bond acceptors (Lipinski definition) is 10. The molecule has 3 aromatic rings. The molecule has 37 heavy (non-hydrogen) atoms. The van der Waals surface area contributed by atoms with Crippen molar-refractivity contribution < 1.29 is 51.4 Å². The maximum absolute atomic E-state index is 14.5. The first-order valence-corrected chi connectivity index (χ1v) is 13.1. The number of furan rings is 1. The molecule has 4 rings (SSSR count). The number of hydrogen-bond donors (Lipinski definition) is 3. The molecule has 0 bridgehead atoms. The smallest absolute Gasteiger partial charge is 0.413 e. The number of rotatable bonds is 7. The summed E-state index contributed by atoms with van der Waals surface area (Å²) in [5, 5.41) is 12.7. The van der Waals surface area contributed by atoms with Crippen LogP contribution in [0.2, 0.25) is 0 Å². The molecule has 1 saturated heterocycles. The van der Waals surface area contributed by atoms with Crippen LogP contribution in [0.25, 0.3) is 11.0 Å². The molecule has 1 amide bonds. The van der Waals surface area contributed by atoms with E-state index in [1.165, 1.54) is 0 Å². The number of anilines is 1. The first-order chi connectivity index (χ1) is 17.2. The third-order valence-electron chi connectivity index (χ3n) is 5.03. The molecule has 1 aromatic carbocycles.